The monoisotopic (exact) mass is 291 g/mol. The zero-order valence-corrected chi connectivity index (χ0v) is 11.0. The summed E-state index contributed by atoms with van der Waals surface area (Å²) in [6.07, 6.45) is 0. The molecule has 84 valence electrons. The van der Waals surface area contributed by atoms with Crippen molar-refractivity contribution in [1.82, 2.24) is 0 Å². The van der Waals surface area contributed by atoms with Gasteiger partial charge in [0, 0.05) is 4.47 Å². The second kappa shape index (κ2) is 4.63. The SMILES string of the molecule is CC(C)C(c1ccccc1Br)S(N)(=O)=O. The van der Waals surface area contributed by atoms with Crippen LogP contribution in [0.3, 0.4) is 0 Å². The van der Waals surface area contributed by atoms with E-state index in [2.05, 4.69) is 15.9 Å². The molecule has 1 aromatic carbocycles. The van der Waals surface area contributed by atoms with E-state index in [9.17, 15) is 8.42 Å². The average Bonchev–Trinajstić information content (AvgIpc) is 2.05. The second-order valence-corrected chi connectivity index (χ2v) is 6.32. The normalized spacial score (nSPS) is 14.2. The lowest BCUT2D eigenvalue weighted by molar-refractivity contribution is 0.541. The van der Waals surface area contributed by atoms with Crippen LogP contribution in [-0.2, 0) is 10.0 Å². The van der Waals surface area contributed by atoms with Crippen LogP contribution in [0.2, 0.25) is 0 Å². The number of sulfonamides is 1. The molecule has 1 aromatic rings. The Morgan fingerprint density at radius 1 is 1.27 bits per heavy atom. The summed E-state index contributed by atoms with van der Waals surface area (Å²) in [4.78, 5) is 0. The quantitative estimate of drug-likeness (QED) is 0.930. The van der Waals surface area contributed by atoms with Crippen LogP contribution in [-0.4, -0.2) is 8.42 Å². The van der Waals surface area contributed by atoms with Crippen molar-refractivity contribution in [3.63, 3.8) is 0 Å². The fourth-order valence-electron chi connectivity index (χ4n) is 1.62. The minimum absolute atomic E-state index is 0.0568. The van der Waals surface area contributed by atoms with Crippen molar-refractivity contribution in [2.24, 2.45) is 11.1 Å². The molecule has 1 atom stereocenters. The zero-order chi connectivity index (χ0) is 11.6. The number of nitrogens with two attached hydrogens (primary N) is 1. The molecule has 15 heavy (non-hydrogen) atoms. The number of hydrogen-bond donors (Lipinski definition) is 1. The standard InChI is InChI=1S/C10H14BrNO2S/c1-7(2)10(15(12,13)14)8-5-3-4-6-9(8)11/h3-7,10H,1-2H3,(H2,12,13,14). The molecule has 0 amide bonds. The van der Waals surface area contributed by atoms with Gasteiger partial charge in [0.1, 0.15) is 5.25 Å². The molecule has 0 aliphatic carbocycles. The van der Waals surface area contributed by atoms with Gasteiger partial charge in [-0.25, -0.2) is 13.6 Å². The summed E-state index contributed by atoms with van der Waals surface area (Å²) in [5.74, 6) is -0.0568. The van der Waals surface area contributed by atoms with Crippen molar-refractivity contribution in [1.29, 1.82) is 0 Å². The third-order valence-electron chi connectivity index (χ3n) is 2.17. The molecular formula is C10H14BrNO2S. The maximum absolute atomic E-state index is 11.5. The Bertz CT molecular complexity index is 442. The van der Waals surface area contributed by atoms with Crippen LogP contribution in [0.5, 0.6) is 0 Å². The molecule has 5 heteroatoms. The van der Waals surface area contributed by atoms with E-state index in [-0.39, 0.29) is 5.92 Å². The van der Waals surface area contributed by atoms with E-state index in [4.69, 9.17) is 5.14 Å². The van der Waals surface area contributed by atoms with Gasteiger partial charge in [-0.2, -0.15) is 0 Å². The van der Waals surface area contributed by atoms with Crippen LogP contribution >= 0.6 is 15.9 Å². The summed E-state index contributed by atoms with van der Waals surface area (Å²) >= 11 is 3.34. The molecule has 0 saturated heterocycles. The van der Waals surface area contributed by atoms with Gasteiger partial charge in [-0.1, -0.05) is 48.0 Å². The van der Waals surface area contributed by atoms with E-state index < -0.39 is 15.3 Å². The highest BCUT2D eigenvalue weighted by atomic mass is 79.9. The third-order valence-corrected chi connectivity index (χ3v) is 4.40. The van der Waals surface area contributed by atoms with Crippen molar-refractivity contribution >= 4 is 26.0 Å². The number of primary sulfonamides is 1. The number of rotatable bonds is 3. The van der Waals surface area contributed by atoms with E-state index in [1.807, 2.05) is 26.0 Å². The van der Waals surface area contributed by atoms with E-state index in [0.29, 0.717) is 0 Å². The minimum atomic E-state index is -3.57. The molecule has 0 aromatic heterocycles. The second-order valence-electron chi connectivity index (χ2n) is 3.78. The van der Waals surface area contributed by atoms with Crippen LogP contribution < -0.4 is 5.14 Å². The van der Waals surface area contributed by atoms with Crippen molar-refractivity contribution in [3.05, 3.63) is 34.3 Å². The molecule has 1 rings (SSSR count). The number of hydrogen-bond acceptors (Lipinski definition) is 2. The van der Waals surface area contributed by atoms with Crippen molar-refractivity contribution < 1.29 is 8.42 Å². The van der Waals surface area contributed by atoms with Gasteiger partial charge in [0.15, 0.2) is 0 Å². The molecule has 0 saturated carbocycles. The minimum Gasteiger partial charge on any atom is -0.228 e. The maximum Gasteiger partial charge on any atom is 0.216 e. The summed E-state index contributed by atoms with van der Waals surface area (Å²) in [5, 5.41) is 4.57. The van der Waals surface area contributed by atoms with Gasteiger partial charge in [-0.3, -0.25) is 0 Å². The van der Waals surface area contributed by atoms with Crippen LogP contribution in [0.15, 0.2) is 28.7 Å². The molecule has 2 N–H and O–H groups in total. The summed E-state index contributed by atoms with van der Waals surface area (Å²) in [7, 11) is -3.57. The van der Waals surface area contributed by atoms with Gasteiger partial charge in [0.05, 0.1) is 0 Å². The Morgan fingerprint density at radius 3 is 2.20 bits per heavy atom. The first-order valence-corrected chi connectivity index (χ1v) is 7.00. The van der Waals surface area contributed by atoms with Gasteiger partial charge in [-0.15, -0.1) is 0 Å². The van der Waals surface area contributed by atoms with Gasteiger partial charge in [0.2, 0.25) is 10.0 Å². The topological polar surface area (TPSA) is 60.2 Å². The van der Waals surface area contributed by atoms with Crippen LogP contribution in [0.4, 0.5) is 0 Å². The first-order chi connectivity index (χ1) is 6.84. The Labute approximate surface area is 98.9 Å². The highest BCUT2D eigenvalue weighted by Crippen LogP contribution is 2.33. The summed E-state index contributed by atoms with van der Waals surface area (Å²) in [6.45, 7) is 3.68. The van der Waals surface area contributed by atoms with E-state index in [1.54, 1.807) is 12.1 Å². The van der Waals surface area contributed by atoms with E-state index in [1.165, 1.54) is 0 Å². The largest absolute Gasteiger partial charge is 0.228 e. The Kier molecular flexibility index (Phi) is 3.92. The van der Waals surface area contributed by atoms with Gasteiger partial charge in [0.25, 0.3) is 0 Å². The average molecular weight is 292 g/mol. The van der Waals surface area contributed by atoms with Gasteiger partial charge >= 0.3 is 0 Å². The van der Waals surface area contributed by atoms with Crippen LogP contribution in [0.25, 0.3) is 0 Å². The number of benzene rings is 1. The molecule has 0 bridgehead atoms. The first-order valence-electron chi connectivity index (χ1n) is 4.60. The molecule has 0 heterocycles. The van der Waals surface area contributed by atoms with Crippen molar-refractivity contribution in [2.45, 2.75) is 19.1 Å². The fourth-order valence-corrected chi connectivity index (χ4v) is 3.62. The predicted molar refractivity (Wildman–Crippen MR) is 64.8 cm³/mol. The molecule has 0 spiro atoms. The molecule has 0 fully saturated rings. The van der Waals surface area contributed by atoms with Gasteiger partial charge < -0.3 is 0 Å². The molecular weight excluding hydrogens is 278 g/mol. The summed E-state index contributed by atoms with van der Waals surface area (Å²) in [5.41, 5.74) is 0.718. The fraction of sp³-hybridized carbons (Fsp3) is 0.400. The van der Waals surface area contributed by atoms with E-state index >= 15 is 0 Å². The third kappa shape index (κ3) is 3.03. The lowest BCUT2D eigenvalue weighted by Gasteiger charge is -2.20. The molecule has 0 aliphatic rings. The van der Waals surface area contributed by atoms with Crippen molar-refractivity contribution in [2.75, 3.05) is 0 Å². The summed E-state index contributed by atoms with van der Waals surface area (Å²) < 4.78 is 23.7. The maximum atomic E-state index is 11.5. The van der Waals surface area contributed by atoms with Crippen LogP contribution in [0, 0.1) is 5.92 Å². The number of halogens is 1. The molecule has 0 aliphatic heterocycles. The van der Waals surface area contributed by atoms with Crippen LogP contribution in [0.1, 0.15) is 24.7 Å². The lowest BCUT2D eigenvalue weighted by Crippen LogP contribution is -2.25. The Hall–Kier alpha value is -0.390. The summed E-state index contributed by atoms with van der Waals surface area (Å²) in [6, 6.07) is 7.24. The van der Waals surface area contributed by atoms with Crippen molar-refractivity contribution in [3.8, 4) is 0 Å². The lowest BCUT2D eigenvalue weighted by atomic mass is 10.0. The van der Waals surface area contributed by atoms with Gasteiger partial charge in [-0.05, 0) is 17.5 Å². The molecule has 3 nitrogen and oxygen atoms in total. The molecule has 1 unspecified atom stereocenters. The Balaban J connectivity index is 3.29. The molecule has 0 radical (unpaired) electrons. The Morgan fingerprint density at radius 2 is 1.80 bits per heavy atom. The highest BCUT2D eigenvalue weighted by molar-refractivity contribution is 9.10. The smallest absolute Gasteiger partial charge is 0.216 e. The first kappa shape index (κ1) is 12.7. The van der Waals surface area contributed by atoms with E-state index in [0.717, 1.165) is 10.0 Å². The zero-order valence-electron chi connectivity index (χ0n) is 8.64. The predicted octanol–water partition coefficient (Wildman–Crippen LogP) is 2.43. The highest BCUT2D eigenvalue weighted by Gasteiger charge is 2.28.